The Hall–Kier alpha value is -1.00. The van der Waals surface area contributed by atoms with Crippen LogP contribution in [0.4, 0.5) is 0 Å². The van der Waals surface area contributed by atoms with Gasteiger partial charge < -0.3 is 5.11 Å². The molecule has 0 fully saturated rings. The maximum atomic E-state index is 12.3. The Morgan fingerprint density at radius 1 is 1.43 bits per heavy atom. The second kappa shape index (κ2) is 9.11. The normalized spacial score (nSPS) is 12.5. The zero-order chi connectivity index (χ0) is 15.7. The van der Waals surface area contributed by atoms with Gasteiger partial charge in [0.05, 0.1) is 11.5 Å². The van der Waals surface area contributed by atoms with Crippen LogP contribution in [0.15, 0.2) is 29.2 Å². The average Bonchev–Trinajstić information content (AvgIpc) is 2.45. The van der Waals surface area contributed by atoms with E-state index >= 15 is 0 Å². The lowest BCUT2D eigenvalue weighted by Gasteiger charge is -2.13. The van der Waals surface area contributed by atoms with Gasteiger partial charge in [0.25, 0.3) is 0 Å². The summed E-state index contributed by atoms with van der Waals surface area (Å²) in [7, 11) is -3.52. The average molecular weight is 327 g/mol. The van der Waals surface area contributed by atoms with Gasteiger partial charge >= 0.3 is 0 Å². The first-order valence-electron chi connectivity index (χ1n) is 6.70. The second-order valence-corrected chi connectivity index (χ2v) is 7.31. The highest BCUT2D eigenvalue weighted by atomic mass is 32.2. The van der Waals surface area contributed by atoms with Gasteiger partial charge in [0.1, 0.15) is 0 Å². The predicted octanol–water partition coefficient (Wildman–Crippen LogP) is 1.84. The minimum Gasteiger partial charge on any atom is -0.395 e. The van der Waals surface area contributed by atoms with E-state index in [9.17, 15) is 8.42 Å². The molecule has 6 heteroatoms. The molecule has 0 bridgehead atoms. The quantitative estimate of drug-likeness (QED) is 0.750. The molecule has 0 spiro atoms. The van der Waals surface area contributed by atoms with E-state index in [1.807, 2.05) is 13.2 Å². The molecule has 0 aromatic heterocycles. The van der Waals surface area contributed by atoms with Crippen LogP contribution in [0.2, 0.25) is 0 Å². The Balaban J connectivity index is 2.84. The molecule has 116 valence electrons. The molecule has 1 unspecified atom stereocenters. The van der Waals surface area contributed by atoms with Gasteiger partial charge in [0.2, 0.25) is 10.0 Å². The highest BCUT2D eigenvalue weighted by Crippen LogP contribution is 2.12. The van der Waals surface area contributed by atoms with E-state index < -0.39 is 10.0 Å². The maximum Gasteiger partial charge on any atom is 0.240 e. The summed E-state index contributed by atoms with van der Waals surface area (Å²) < 4.78 is 27.2. The maximum absolute atomic E-state index is 12.3. The van der Waals surface area contributed by atoms with Crippen LogP contribution in [0.3, 0.4) is 0 Å². The van der Waals surface area contributed by atoms with Crippen molar-refractivity contribution in [2.75, 3.05) is 18.6 Å². The van der Waals surface area contributed by atoms with Crippen molar-refractivity contribution in [3.8, 4) is 11.8 Å². The SMILES string of the molecule is CSCCC(C)NS(=O)(=O)c1cccc(C#CCCO)c1. The fourth-order valence-corrected chi connectivity index (χ4v) is 3.56. The first kappa shape index (κ1) is 18.1. The predicted molar refractivity (Wildman–Crippen MR) is 87.8 cm³/mol. The first-order valence-corrected chi connectivity index (χ1v) is 9.58. The third kappa shape index (κ3) is 6.53. The van der Waals surface area contributed by atoms with Gasteiger partial charge in [-0.1, -0.05) is 17.9 Å². The number of aliphatic hydroxyl groups is 1. The molecular weight excluding hydrogens is 306 g/mol. The first-order chi connectivity index (χ1) is 9.99. The van der Waals surface area contributed by atoms with Crippen LogP contribution in [0.25, 0.3) is 0 Å². The second-order valence-electron chi connectivity index (χ2n) is 4.61. The van der Waals surface area contributed by atoms with Crippen molar-refractivity contribution in [1.29, 1.82) is 0 Å². The van der Waals surface area contributed by atoms with Crippen molar-refractivity contribution in [1.82, 2.24) is 4.72 Å². The van der Waals surface area contributed by atoms with Gasteiger partial charge in [-0.3, -0.25) is 0 Å². The lowest BCUT2D eigenvalue weighted by molar-refractivity contribution is 0.305. The lowest BCUT2D eigenvalue weighted by Crippen LogP contribution is -2.33. The Bertz CT molecular complexity index is 603. The smallest absolute Gasteiger partial charge is 0.240 e. The number of hydrogen-bond donors (Lipinski definition) is 2. The van der Waals surface area contributed by atoms with Gasteiger partial charge in [0.15, 0.2) is 0 Å². The summed E-state index contributed by atoms with van der Waals surface area (Å²) in [5.74, 6) is 6.53. The number of hydrogen-bond acceptors (Lipinski definition) is 4. The Morgan fingerprint density at radius 2 is 2.19 bits per heavy atom. The Labute approximate surface area is 131 Å². The zero-order valence-corrected chi connectivity index (χ0v) is 13.9. The summed E-state index contributed by atoms with van der Waals surface area (Å²) in [6.45, 7) is 1.86. The van der Waals surface area contributed by atoms with Crippen LogP contribution >= 0.6 is 11.8 Å². The van der Waals surface area contributed by atoms with Crippen molar-refractivity contribution in [3.63, 3.8) is 0 Å². The van der Waals surface area contributed by atoms with Crippen molar-refractivity contribution in [3.05, 3.63) is 29.8 Å². The molecule has 1 rings (SSSR count). The molecule has 0 saturated carbocycles. The van der Waals surface area contributed by atoms with Crippen LogP contribution in [-0.4, -0.2) is 38.2 Å². The summed E-state index contributed by atoms with van der Waals surface area (Å²) in [5, 5.41) is 8.69. The fourth-order valence-electron chi connectivity index (χ4n) is 1.65. The number of nitrogens with one attached hydrogen (secondary N) is 1. The highest BCUT2D eigenvalue weighted by molar-refractivity contribution is 7.98. The Kier molecular flexibility index (Phi) is 7.83. The molecule has 0 aliphatic carbocycles. The fraction of sp³-hybridized carbons (Fsp3) is 0.467. The highest BCUT2D eigenvalue weighted by Gasteiger charge is 2.17. The molecule has 0 heterocycles. The minimum atomic E-state index is -3.52. The van der Waals surface area contributed by atoms with Crippen LogP contribution in [0, 0.1) is 11.8 Å². The van der Waals surface area contributed by atoms with Crippen LogP contribution in [0.5, 0.6) is 0 Å². The number of rotatable bonds is 7. The summed E-state index contributed by atoms with van der Waals surface area (Å²) >= 11 is 1.69. The minimum absolute atomic E-state index is 0.000496. The van der Waals surface area contributed by atoms with Crippen LogP contribution in [0.1, 0.15) is 25.3 Å². The van der Waals surface area contributed by atoms with Crippen LogP contribution < -0.4 is 4.72 Å². The molecule has 2 N–H and O–H groups in total. The molecule has 1 aromatic carbocycles. The van der Waals surface area contributed by atoms with Crippen molar-refractivity contribution in [2.24, 2.45) is 0 Å². The van der Waals surface area contributed by atoms with E-state index in [4.69, 9.17) is 5.11 Å². The molecule has 0 aliphatic rings. The van der Waals surface area contributed by atoms with Crippen molar-refractivity contribution >= 4 is 21.8 Å². The third-order valence-electron chi connectivity index (χ3n) is 2.73. The molecule has 4 nitrogen and oxygen atoms in total. The van der Waals surface area contributed by atoms with E-state index in [-0.39, 0.29) is 17.5 Å². The van der Waals surface area contributed by atoms with Gasteiger partial charge in [-0.2, -0.15) is 11.8 Å². The molecule has 0 saturated heterocycles. The van der Waals surface area contributed by atoms with Gasteiger partial charge in [0, 0.05) is 18.0 Å². The van der Waals surface area contributed by atoms with E-state index in [0.717, 1.165) is 12.2 Å². The number of aliphatic hydroxyl groups excluding tert-OH is 1. The van der Waals surface area contributed by atoms with Gasteiger partial charge in [-0.15, -0.1) is 0 Å². The van der Waals surface area contributed by atoms with E-state index in [1.54, 1.807) is 36.0 Å². The van der Waals surface area contributed by atoms with E-state index in [0.29, 0.717) is 12.0 Å². The number of thioether (sulfide) groups is 1. The standard InChI is InChI=1S/C15H21NO3S2/c1-13(9-11-20-2)16-21(18,19)15-8-5-7-14(12-15)6-3-4-10-17/h5,7-8,12-13,16-17H,4,9-11H2,1-2H3. The van der Waals surface area contributed by atoms with Gasteiger partial charge in [-0.25, -0.2) is 13.1 Å². The Morgan fingerprint density at radius 3 is 2.86 bits per heavy atom. The number of benzene rings is 1. The summed E-state index contributed by atoms with van der Waals surface area (Å²) in [5.41, 5.74) is 0.628. The molecule has 1 aromatic rings. The molecule has 0 amide bonds. The molecular formula is C15H21NO3S2. The van der Waals surface area contributed by atoms with Gasteiger partial charge in [-0.05, 0) is 43.6 Å². The summed E-state index contributed by atoms with van der Waals surface area (Å²) in [4.78, 5) is 0.217. The summed E-state index contributed by atoms with van der Waals surface area (Å²) in [6, 6.07) is 6.42. The third-order valence-corrected chi connectivity index (χ3v) is 4.96. The monoisotopic (exact) mass is 327 g/mol. The topological polar surface area (TPSA) is 66.4 Å². The molecule has 0 aliphatic heterocycles. The summed E-state index contributed by atoms with van der Waals surface area (Å²) in [6.07, 6.45) is 3.16. The van der Waals surface area contributed by atoms with Crippen molar-refractivity contribution < 1.29 is 13.5 Å². The molecule has 21 heavy (non-hydrogen) atoms. The lowest BCUT2D eigenvalue weighted by atomic mass is 10.2. The molecule has 0 radical (unpaired) electrons. The molecule has 1 atom stereocenters. The van der Waals surface area contributed by atoms with Crippen molar-refractivity contribution in [2.45, 2.75) is 30.7 Å². The zero-order valence-electron chi connectivity index (χ0n) is 12.3. The van der Waals surface area contributed by atoms with E-state index in [1.165, 1.54) is 0 Å². The largest absolute Gasteiger partial charge is 0.395 e. The van der Waals surface area contributed by atoms with Crippen LogP contribution in [-0.2, 0) is 10.0 Å². The number of sulfonamides is 1. The van der Waals surface area contributed by atoms with E-state index in [2.05, 4.69) is 16.6 Å².